The van der Waals surface area contributed by atoms with E-state index in [0.717, 1.165) is 18.2 Å². The molecule has 0 bridgehead atoms. The number of alkyl carbamates (subject to hydrolysis) is 1. The van der Waals surface area contributed by atoms with E-state index in [1.165, 1.54) is 4.90 Å². The molecule has 1 heterocycles. The van der Waals surface area contributed by atoms with Crippen LogP contribution in [0.2, 0.25) is 0 Å². The Bertz CT molecular complexity index is 1960. The van der Waals surface area contributed by atoms with Crippen molar-refractivity contribution in [1.29, 1.82) is 0 Å². The fourth-order valence-corrected chi connectivity index (χ4v) is 6.53. The predicted molar refractivity (Wildman–Crippen MR) is 197 cm³/mol. The topological polar surface area (TPSA) is 179 Å². The largest absolute Gasteiger partial charge is 0.469 e. The molecule has 1 aromatic heterocycles. The number of esters is 1. The van der Waals surface area contributed by atoms with Crippen molar-refractivity contribution in [2.75, 3.05) is 12.9 Å². The van der Waals surface area contributed by atoms with Crippen molar-refractivity contribution >= 4 is 34.1 Å². The minimum absolute atomic E-state index is 0.000844. The molecule has 54 heavy (non-hydrogen) atoms. The van der Waals surface area contributed by atoms with Crippen molar-refractivity contribution in [2.24, 2.45) is 5.41 Å². The number of halogens is 1. The van der Waals surface area contributed by atoms with Crippen LogP contribution in [0.4, 0.5) is 8.68 Å². The first kappa shape index (κ1) is 41.1. The molecule has 0 aliphatic heterocycles. The van der Waals surface area contributed by atoms with E-state index in [1.807, 2.05) is 36.4 Å². The normalized spacial score (nSPS) is 13.2. The van der Waals surface area contributed by atoms with Gasteiger partial charge in [0.05, 0.1) is 38.9 Å². The van der Waals surface area contributed by atoms with Gasteiger partial charge in [-0.25, -0.2) is 9.48 Å². The van der Waals surface area contributed by atoms with Crippen LogP contribution in [-0.4, -0.2) is 83.2 Å². The van der Waals surface area contributed by atoms with Gasteiger partial charge in [-0.15, -0.1) is 8.98 Å². The average Bonchev–Trinajstić information content (AvgIpc) is 3.56. The summed E-state index contributed by atoms with van der Waals surface area (Å²) in [6, 6.07) is 23.2. The number of benzene rings is 3. The van der Waals surface area contributed by atoms with Crippen LogP contribution in [0.25, 0.3) is 0 Å². The Morgan fingerprint density at radius 3 is 2.00 bits per heavy atom. The van der Waals surface area contributed by atoms with Crippen molar-refractivity contribution in [3.63, 3.8) is 0 Å². The second-order valence-corrected chi connectivity index (χ2v) is 15.2. The molecule has 4 aromatic rings. The van der Waals surface area contributed by atoms with E-state index in [0.29, 0.717) is 17.8 Å². The zero-order valence-electron chi connectivity index (χ0n) is 30.6. The molecule has 0 spiro atoms. The van der Waals surface area contributed by atoms with Crippen LogP contribution in [0.15, 0.2) is 97.2 Å². The Morgan fingerprint density at radius 2 is 1.44 bits per heavy atom. The third kappa shape index (κ3) is 13.1. The van der Waals surface area contributed by atoms with E-state index < -0.39 is 69.8 Å². The highest BCUT2D eigenvalue weighted by atomic mass is 32.3. The summed E-state index contributed by atoms with van der Waals surface area (Å²) in [6.07, 6.45) is 0.0787. The first-order valence-electron chi connectivity index (χ1n) is 17.2. The van der Waals surface area contributed by atoms with E-state index in [4.69, 9.17) is 4.74 Å². The Hall–Kier alpha value is -5.64. The number of ether oxygens (including phenoxy) is 2. The van der Waals surface area contributed by atoms with Crippen LogP contribution in [0.1, 0.15) is 49.6 Å². The highest BCUT2D eigenvalue weighted by Gasteiger charge is 2.43. The maximum absolute atomic E-state index is 14.9. The van der Waals surface area contributed by atoms with E-state index in [9.17, 15) is 31.5 Å². The fourth-order valence-electron chi connectivity index (χ4n) is 5.85. The van der Waals surface area contributed by atoms with Gasteiger partial charge in [-0.3, -0.25) is 14.4 Å². The smallest absolute Gasteiger partial charge is 0.408 e. The second kappa shape index (κ2) is 18.9. The Kier molecular flexibility index (Phi) is 14.4. The van der Waals surface area contributed by atoms with E-state index in [1.54, 1.807) is 86.2 Å². The molecular formula is C38H45FN6O8S. The molecule has 0 saturated carbocycles. The van der Waals surface area contributed by atoms with Crippen LogP contribution in [0.5, 0.6) is 0 Å². The minimum Gasteiger partial charge on any atom is -0.469 e. The van der Waals surface area contributed by atoms with Gasteiger partial charge in [0.25, 0.3) is 0 Å². The lowest BCUT2D eigenvalue weighted by molar-refractivity contribution is -0.148. The molecule has 288 valence electrons. The Balaban J connectivity index is 1.73. The van der Waals surface area contributed by atoms with Gasteiger partial charge in [0, 0.05) is 6.42 Å². The molecule has 4 rings (SSSR count). The molecule has 16 heteroatoms. The van der Waals surface area contributed by atoms with Gasteiger partial charge >= 0.3 is 22.3 Å². The molecule has 3 amide bonds. The SMILES string of the molecule is COC(=O)C[C@@H](CS(=O)(=O)F)NC(=O)C(N(Cc1cn(Cc2ccccc2)nn1)C(=O)[C@H](Cc1ccccc1)NC(=O)OCc1ccccc1)C(C)(C)C. The van der Waals surface area contributed by atoms with E-state index in [-0.39, 0.29) is 19.6 Å². The second-order valence-electron chi connectivity index (χ2n) is 13.8. The third-order valence-electron chi connectivity index (χ3n) is 8.24. The first-order chi connectivity index (χ1) is 25.6. The minimum atomic E-state index is -5.16. The molecule has 3 aromatic carbocycles. The molecule has 2 N–H and O–H groups in total. The van der Waals surface area contributed by atoms with Crippen molar-refractivity contribution in [3.8, 4) is 0 Å². The maximum atomic E-state index is 14.9. The number of carbonyl (C=O) groups excluding carboxylic acids is 4. The van der Waals surface area contributed by atoms with Gasteiger partial charge < -0.3 is 25.0 Å². The highest BCUT2D eigenvalue weighted by Crippen LogP contribution is 2.28. The molecule has 0 saturated heterocycles. The number of aromatic nitrogens is 3. The summed E-state index contributed by atoms with van der Waals surface area (Å²) in [5, 5.41) is 13.6. The molecule has 0 radical (unpaired) electrons. The molecule has 0 fully saturated rings. The van der Waals surface area contributed by atoms with Gasteiger partial charge in [-0.2, -0.15) is 8.42 Å². The molecule has 1 unspecified atom stereocenters. The number of hydrogen-bond acceptors (Lipinski definition) is 10. The highest BCUT2D eigenvalue weighted by molar-refractivity contribution is 7.86. The third-order valence-corrected chi connectivity index (χ3v) is 9.04. The summed E-state index contributed by atoms with van der Waals surface area (Å²) < 4.78 is 49.0. The number of methoxy groups -OCH3 is 1. The standard InChI is InChI=1S/C38H45FN6O8S/c1-38(2,3)34(35(47)40-30(21-33(46)52-4)26-54(39,50)51)45(24-31-23-44(43-42-31)22-28-16-10-6-11-17-28)36(48)32(20-27-14-8-5-9-15-27)41-37(49)53-25-29-18-12-7-13-19-29/h5-19,23,30,32,34H,20-22,24-26H2,1-4H3,(H,40,47)(H,41,49)/t30-,32-,34?/m0/s1. The Labute approximate surface area is 314 Å². The number of hydrogen-bond donors (Lipinski definition) is 2. The quantitative estimate of drug-likeness (QED) is 0.118. The summed E-state index contributed by atoms with van der Waals surface area (Å²) in [7, 11) is -4.10. The molecule has 0 aliphatic carbocycles. The summed E-state index contributed by atoms with van der Waals surface area (Å²) >= 11 is 0. The molecule has 3 atom stereocenters. The van der Waals surface area contributed by atoms with Crippen molar-refractivity contribution in [3.05, 3.63) is 120 Å². The van der Waals surface area contributed by atoms with Crippen LogP contribution in [-0.2, 0) is 60.2 Å². The van der Waals surface area contributed by atoms with Crippen molar-refractivity contribution in [2.45, 2.75) is 71.4 Å². The number of carbonyl (C=O) groups is 4. The zero-order chi connectivity index (χ0) is 39.3. The fraction of sp³-hybridized carbons (Fsp3) is 0.368. The van der Waals surface area contributed by atoms with E-state index in [2.05, 4.69) is 25.7 Å². The number of nitrogens with one attached hydrogen (secondary N) is 2. The number of rotatable bonds is 17. The maximum Gasteiger partial charge on any atom is 0.408 e. The van der Waals surface area contributed by atoms with Gasteiger partial charge in [-0.05, 0) is 22.1 Å². The van der Waals surface area contributed by atoms with Gasteiger partial charge in [0.2, 0.25) is 11.8 Å². The lowest BCUT2D eigenvalue weighted by atomic mass is 9.84. The van der Waals surface area contributed by atoms with Crippen LogP contribution >= 0.6 is 0 Å². The summed E-state index contributed by atoms with van der Waals surface area (Å²) in [5.74, 6) is -3.68. The van der Waals surface area contributed by atoms with Crippen molar-refractivity contribution < 1.29 is 41.0 Å². The lowest BCUT2D eigenvalue weighted by Crippen LogP contribution is -2.61. The van der Waals surface area contributed by atoms with Crippen LogP contribution in [0.3, 0.4) is 0 Å². The van der Waals surface area contributed by atoms with Gasteiger partial charge in [0.15, 0.2) is 0 Å². The predicted octanol–water partition coefficient (Wildman–Crippen LogP) is 3.95. The number of nitrogens with zero attached hydrogens (tertiary/aromatic N) is 4. The summed E-state index contributed by atoms with van der Waals surface area (Å²) in [5.41, 5.74) is 1.59. The summed E-state index contributed by atoms with van der Waals surface area (Å²) in [4.78, 5) is 55.8. The first-order valence-corrected chi connectivity index (χ1v) is 18.7. The van der Waals surface area contributed by atoms with Crippen molar-refractivity contribution in [1.82, 2.24) is 30.5 Å². The summed E-state index contributed by atoms with van der Waals surface area (Å²) in [6.45, 7) is 5.05. The monoisotopic (exact) mass is 764 g/mol. The van der Waals surface area contributed by atoms with Gasteiger partial charge in [-0.1, -0.05) is 117 Å². The molecular weight excluding hydrogens is 720 g/mol. The average molecular weight is 765 g/mol. The van der Waals surface area contributed by atoms with Crippen LogP contribution in [0, 0.1) is 5.41 Å². The van der Waals surface area contributed by atoms with E-state index >= 15 is 0 Å². The van der Waals surface area contributed by atoms with Gasteiger partial charge in [0.1, 0.15) is 30.1 Å². The van der Waals surface area contributed by atoms with Crippen LogP contribution < -0.4 is 10.6 Å². The zero-order valence-corrected chi connectivity index (χ0v) is 31.4. The lowest BCUT2D eigenvalue weighted by Gasteiger charge is -2.40. The molecule has 0 aliphatic rings. The molecule has 14 nitrogen and oxygen atoms in total. The Morgan fingerprint density at radius 1 is 0.870 bits per heavy atom. The number of amides is 3.